The van der Waals surface area contributed by atoms with Crippen LogP contribution in [0.1, 0.15) is 53.9 Å². The Bertz CT molecular complexity index is 1160. The number of hydrogen-bond acceptors (Lipinski definition) is 5. The Hall–Kier alpha value is -3.50. The number of halogens is 5. The fourth-order valence-electron chi connectivity index (χ4n) is 4.15. The van der Waals surface area contributed by atoms with Crippen molar-refractivity contribution in [1.29, 1.82) is 0 Å². The van der Waals surface area contributed by atoms with Crippen LogP contribution in [0.3, 0.4) is 0 Å². The number of carbonyl (C=O) groups excluding carboxylic acids is 2. The van der Waals surface area contributed by atoms with E-state index in [0.717, 1.165) is 24.3 Å². The van der Waals surface area contributed by atoms with Gasteiger partial charge in [0.2, 0.25) is 5.91 Å². The molecule has 1 N–H and O–H groups in total. The van der Waals surface area contributed by atoms with Gasteiger partial charge in [-0.05, 0) is 25.5 Å². The molecule has 3 rings (SSSR count). The van der Waals surface area contributed by atoms with Crippen LogP contribution in [0.2, 0.25) is 0 Å². The van der Waals surface area contributed by atoms with Crippen molar-refractivity contribution in [3.8, 4) is 0 Å². The molecule has 0 aromatic heterocycles. The van der Waals surface area contributed by atoms with Crippen LogP contribution < -0.4 is 10.3 Å². The van der Waals surface area contributed by atoms with E-state index in [1.165, 1.54) is 6.92 Å². The van der Waals surface area contributed by atoms with E-state index in [1.54, 1.807) is 0 Å². The van der Waals surface area contributed by atoms with Crippen LogP contribution in [0, 0.1) is 35.0 Å². The van der Waals surface area contributed by atoms with Crippen LogP contribution in [0.15, 0.2) is 35.4 Å². The molecule has 0 radical (unpaired) electrons. The molecule has 37 heavy (non-hydrogen) atoms. The summed E-state index contributed by atoms with van der Waals surface area (Å²) in [6.07, 6.45) is 1.32. The van der Waals surface area contributed by atoms with Crippen molar-refractivity contribution in [2.24, 2.45) is 11.0 Å². The normalized spacial score (nSPS) is 18.6. The molecule has 0 aliphatic carbocycles. The Morgan fingerprint density at radius 1 is 1.05 bits per heavy atom. The first kappa shape index (κ1) is 29.7. The van der Waals surface area contributed by atoms with Crippen LogP contribution in [0.4, 0.5) is 27.6 Å². The predicted octanol–water partition coefficient (Wildman–Crippen LogP) is 5.73. The Labute approximate surface area is 214 Å². The second kappa shape index (κ2) is 12.6. The van der Waals surface area contributed by atoms with E-state index in [1.807, 2.05) is 20.8 Å². The van der Waals surface area contributed by atoms with Gasteiger partial charge in [0.1, 0.15) is 35.4 Å². The molecule has 0 bridgehead atoms. The van der Waals surface area contributed by atoms with Gasteiger partial charge in [-0.3, -0.25) is 9.59 Å². The summed E-state index contributed by atoms with van der Waals surface area (Å²) in [6.45, 7) is 6.70. The molecule has 204 valence electrons. The molecule has 1 aliphatic heterocycles. The number of nitrogens with one attached hydrogen (secondary N) is 1. The highest BCUT2D eigenvalue weighted by molar-refractivity contribution is 6.11. The highest BCUT2D eigenvalue weighted by Gasteiger charge is 2.55. The lowest BCUT2D eigenvalue weighted by atomic mass is 9.76. The van der Waals surface area contributed by atoms with Gasteiger partial charge < -0.3 is 10.1 Å². The Morgan fingerprint density at radius 2 is 1.65 bits per heavy atom. The lowest BCUT2D eigenvalue weighted by molar-refractivity contribution is -0.141. The van der Waals surface area contributed by atoms with Crippen LogP contribution in [-0.2, 0) is 14.3 Å². The minimum absolute atomic E-state index is 0. The van der Waals surface area contributed by atoms with E-state index in [0.29, 0.717) is 31.0 Å². The molecule has 2 atom stereocenters. The summed E-state index contributed by atoms with van der Waals surface area (Å²) in [5, 5.41) is 7.55. The van der Waals surface area contributed by atoms with Gasteiger partial charge in [-0.15, -0.1) is 0 Å². The van der Waals surface area contributed by atoms with Crippen molar-refractivity contribution >= 4 is 23.3 Å². The SMILES string of the molecule is CC.CCCCC1C(c2c(F)cc(F)cc2F)=NN(c2ccc(F)cc2F)C1(C)C(=O)NCC(=O)OC.[HH]. The highest BCUT2D eigenvalue weighted by atomic mass is 19.2. The third-order valence-corrected chi connectivity index (χ3v) is 5.98. The predicted molar refractivity (Wildman–Crippen MR) is 132 cm³/mol. The lowest BCUT2D eigenvalue weighted by Gasteiger charge is -2.37. The molecule has 0 spiro atoms. The lowest BCUT2D eigenvalue weighted by Crippen LogP contribution is -2.58. The average Bonchev–Trinajstić information content (AvgIpc) is 3.14. The first-order valence-corrected chi connectivity index (χ1v) is 11.9. The number of hydrogen-bond donors (Lipinski definition) is 1. The smallest absolute Gasteiger partial charge is 0.325 e. The number of hydrazone groups is 1. The van der Waals surface area contributed by atoms with Crippen LogP contribution in [0.25, 0.3) is 0 Å². The number of anilines is 1. The van der Waals surface area contributed by atoms with Gasteiger partial charge >= 0.3 is 5.97 Å². The number of amides is 1. The van der Waals surface area contributed by atoms with Gasteiger partial charge in [0, 0.05) is 25.5 Å². The number of benzene rings is 2. The van der Waals surface area contributed by atoms with Crippen molar-refractivity contribution < 1.29 is 37.7 Å². The van der Waals surface area contributed by atoms with E-state index in [4.69, 9.17) is 0 Å². The van der Waals surface area contributed by atoms with Crippen molar-refractivity contribution in [2.45, 2.75) is 52.5 Å². The first-order chi connectivity index (χ1) is 17.5. The monoisotopic (exact) mass is 529 g/mol. The second-order valence-electron chi connectivity index (χ2n) is 8.24. The van der Waals surface area contributed by atoms with Crippen LogP contribution in [-0.4, -0.2) is 36.8 Å². The standard InChI is InChI=1S/C24H24F5N3O3.C2H6.H2/c1-4-5-6-15-22(21-17(28)10-14(26)11-18(21)29)31-32(19-8-7-13(25)9-16(19)27)24(15,2)23(34)30-12-20(33)35-3;1-2;/h7-11,15H,4-6,12H2,1-3H3,(H,30,34);1-2H3;1H. The Kier molecular flexibility index (Phi) is 10.2. The first-order valence-electron chi connectivity index (χ1n) is 11.9. The summed E-state index contributed by atoms with van der Waals surface area (Å²) in [5.41, 5.74) is -3.04. The maximum absolute atomic E-state index is 14.8. The quantitative estimate of drug-likeness (QED) is 0.350. The fraction of sp³-hybridized carbons (Fsp3) is 0.423. The molecule has 11 heteroatoms. The molecule has 1 aliphatic rings. The van der Waals surface area contributed by atoms with Gasteiger partial charge in [0.25, 0.3) is 0 Å². The number of carbonyl (C=O) groups is 2. The van der Waals surface area contributed by atoms with E-state index >= 15 is 0 Å². The molecular formula is C26H32F5N3O3. The van der Waals surface area contributed by atoms with Crippen molar-refractivity contribution in [2.75, 3.05) is 18.7 Å². The largest absolute Gasteiger partial charge is 0.468 e. The van der Waals surface area contributed by atoms with Crippen molar-refractivity contribution in [3.05, 3.63) is 65.0 Å². The van der Waals surface area contributed by atoms with Gasteiger partial charge in [-0.25, -0.2) is 27.0 Å². The van der Waals surface area contributed by atoms with Crippen LogP contribution >= 0.6 is 0 Å². The number of nitrogens with zero attached hydrogens (tertiary/aromatic N) is 2. The Balaban J connectivity index is 0.00000235. The van der Waals surface area contributed by atoms with Crippen molar-refractivity contribution in [3.63, 3.8) is 0 Å². The minimum atomic E-state index is -1.80. The zero-order valence-corrected chi connectivity index (χ0v) is 21.3. The summed E-state index contributed by atoms with van der Waals surface area (Å²) in [4.78, 5) is 25.1. The zero-order chi connectivity index (χ0) is 27.9. The molecule has 1 amide bonds. The summed E-state index contributed by atoms with van der Waals surface area (Å²) < 4.78 is 76.2. The van der Waals surface area contributed by atoms with E-state index in [2.05, 4.69) is 15.2 Å². The summed E-state index contributed by atoms with van der Waals surface area (Å²) in [6, 6.07) is 3.52. The van der Waals surface area contributed by atoms with E-state index in [9.17, 15) is 31.5 Å². The molecule has 0 fully saturated rings. The topological polar surface area (TPSA) is 71.0 Å². The number of ether oxygens (including phenoxy) is 1. The van der Waals surface area contributed by atoms with Crippen LogP contribution in [0.5, 0.6) is 0 Å². The summed E-state index contributed by atoms with van der Waals surface area (Å²) in [7, 11) is 1.12. The van der Waals surface area contributed by atoms with Gasteiger partial charge in [-0.2, -0.15) is 5.10 Å². The molecule has 2 aromatic rings. The maximum Gasteiger partial charge on any atom is 0.325 e. The zero-order valence-electron chi connectivity index (χ0n) is 21.3. The number of rotatable bonds is 8. The molecule has 1 heterocycles. The molecule has 0 saturated heterocycles. The fourth-order valence-corrected chi connectivity index (χ4v) is 4.15. The summed E-state index contributed by atoms with van der Waals surface area (Å²) in [5.74, 6) is -8.19. The average molecular weight is 530 g/mol. The number of esters is 1. The van der Waals surface area contributed by atoms with Gasteiger partial charge in [0.15, 0.2) is 5.82 Å². The second-order valence-corrected chi connectivity index (χ2v) is 8.24. The van der Waals surface area contributed by atoms with Crippen molar-refractivity contribution in [1.82, 2.24) is 5.32 Å². The molecule has 6 nitrogen and oxygen atoms in total. The number of methoxy groups -OCH3 is 1. The van der Waals surface area contributed by atoms with Gasteiger partial charge in [-0.1, -0.05) is 33.6 Å². The summed E-state index contributed by atoms with van der Waals surface area (Å²) >= 11 is 0. The molecule has 2 unspecified atom stereocenters. The highest BCUT2D eigenvalue weighted by Crippen LogP contribution is 2.43. The van der Waals surface area contributed by atoms with E-state index < -0.39 is 64.5 Å². The third-order valence-electron chi connectivity index (χ3n) is 5.98. The molecule has 2 aromatic carbocycles. The van der Waals surface area contributed by atoms with Gasteiger partial charge in [0.05, 0.1) is 24.1 Å². The van der Waals surface area contributed by atoms with E-state index in [-0.39, 0.29) is 19.2 Å². The third kappa shape index (κ3) is 6.08. The maximum atomic E-state index is 14.8. The Morgan fingerprint density at radius 3 is 2.19 bits per heavy atom. The minimum Gasteiger partial charge on any atom is -0.468 e. The number of unbranched alkanes of at least 4 members (excludes halogenated alkanes) is 1. The molecule has 0 saturated carbocycles. The molecular weight excluding hydrogens is 497 g/mol.